The van der Waals surface area contributed by atoms with E-state index in [1.807, 2.05) is 0 Å². The Morgan fingerprint density at radius 3 is 1.69 bits per heavy atom. The fraction of sp³-hybridized carbons (Fsp3) is 1.00. The highest BCUT2D eigenvalue weighted by Gasteiger charge is 2.10. The maximum absolute atomic E-state index is 2.46. The second kappa shape index (κ2) is 8.04. The van der Waals surface area contributed by atoms with Crippen LogP contribution in [0.25, 0.3) is 0 Å². The van der Waals surface area contributed by atoms with Crippen LogP contribution in [0.3, 0.4) is 0 Å². The molecule has 0 radical (unpaired) electrons. The van der Waals surface area contributed by atoms with Crippen LogP contribution in [0.4, 0.5) is 0 Å². The number of nitrogens with zero attached hydrogens (tertiary/aromatic N) is 3. The van der Waals surface area contributed by atoms with Gasteiger partial charge in [0, 0.05) is 25.2 Å². The van der Waals surface area contributed by atoms with E-state index in [2.05, 4.69) is 63.7 Å². The third kappa shape index (κ3) is 7.20. The quantitative estimate of drug-likeness (QED) is 0.626. The Balaban J connectivity index is 3.74. The van der Waals surface area contributed by atoms with Gasteiger partial charge in [-0.15, -0.1) is 0 Å². The van der Waals surface area contributed by atoms with Gasteiger partial charge in [-0.25, -0.2) is 0 Å². The summed E-state index contributed by atoms with van der Waals surface area (Å²) in [5.41, 5.74) is 0. The van der Waals surface area contributed by atoms with E-state index in [-0.39, 0.29) is 0 Å². The predicted octanol–water partition coefficient (Wildman–Crippen LogP) is 1.60. The topological polar surface area (TPSA) is 9.72 Å². The fourth-order valence-corrected chi connectivity index (χ4v) is 1.46. The van der Waals surface area contributed by atoms with Crippen LogP contribution < -0.4 is 0 Å². The minimum absolute atomic E-state index is 0.644. The highest BCUT2D eigenvalue weighted by atomic mass is 15.2. The molecule has 0 aromatic heterocycles. The first-order chi connectivity index (χ1) is 7.34. The number of hydrogen-bond acceptors (Lipinski definition) is 3. The van der Waals surface area contributed by atoms with Crippen molar-refractivity contribution in [3.8, 4) is 0 Å². The van der Waals surface area contributed by atoms with Crippen molar-refractivity contribution >= 4 is 0 Å². The molecule has 0 aromatic carbocycles. The molecule has 0 rings (SSSR count). The highest BCUT2D eigenvalue weighted by Crippen LogP contribution is 2.02. The van der Waals surface area contributed by atoms with Crippen LogP contribution in [-0.2, 0) is 0 Å². The van der Waals surface area contributed by atoms with Gasteiger partial charge in [0.05, 0.1) is 0 Å². The third-order valence-electron chi connectivity index (χ3n) is 3.43. The van der Waals surface area contributed by atoms with Gasteiger partial charge in [0.1, 0.15) is 0 Å². The van der Waals surface area contributed by atoms with E-state index in [0.29, 0.717) is 12.1 Å². The lowest BCUT2D eigenvalue weighted by Crippen LogP contribution is -2.39. The molecule has 1 atom stereocenters. The lowest BCUT2D eigenvalue weighted by atomic mass is 10.2. The zero-order valence-electron chi connectivity index (χ0n) is 12.3. The third-order valence-corrected chi connectivity index (χ3v) is 3.43. The van der Waals surface area contributed by atoms with Crippen LogP contribution >= 0.6 is 0 Å². The van der Waals surface area contributed by atoms with Gasteiger partial charge in [0.25, 0.3) is 0 Å². The van der Waals surface area contributed by atoms with E-state index in [1.54, 1.807) is 0 Å². The van der Waals surface area contributed by atoms with Crippen molar-refractivity contribution in [2.24, 2.45) is 0 Å². The first-order valence-electron chi connectivity index (χ1n) is 6.39. The van der Waals surface area contributed by atoms with Gasteiger partial charge in [-0.1, -0.05) is 0 Å². The summed E-state index contributed by atoms with van der Waals surface area (Å²) >= 11 is 0. The lowest BCUT2D eigenvalue weighted by molar-refractivity contribution is 0.183. The molecule has 0 aromatic rings. The summed E-state index contributed by atoms with van der Waals surface area (Å²) in [6.07, 6.45) is 1.24. The summed E-state index contributed by atoms with van der Waals surface area (Å²) in [5.74, 6) is 0. The summed E-state index contributed by atoms with van der Waals surface area (Å²) in [7, 11) is 8.70. The minimum atomic E-state index is 0.644. The predicted molar refractivity (Wildman–Crippen MR) is 73.0 cm³/mol. The monoisotopic (exact) mass is 229 g/mol. The first-order valence-corrected chi connectivity index (χ1v) is 6.39. The molecule has 0 bridgehead atoms. The van der Waals surface area contributed by atoms with Gasteiger partial charge >= 0.3 is 0 Å². The number of rotatable bonds is 8. The van der Waals surface area contributed by atoms with Gasteiger partial charge in [0.15, 0.2) is 0 Å². The second-order valence-corrected chi connectivity index (χ2v) is 5.50. The Morgan fingerprint density at radius 2 is 1.25 bits per heavy atom. The van der Waals surface area contributed by atoms with Gasteiger partial charge in [-0.05, 0) is 61.9 Å². The van der Waals surface area contributed by atoms with E-state index in [0.717, 1.165) is 13.1 Å². The Bertz CT molecular complexity index is 169. The van der Waals surface area contributed by atoms with Crippen molar-refractivity contribution in [1.29, 1.82) is 0 Å². The zero-order valence-corrected chi connectivity index (χ0v) is 12.3. The van der Waals surface area contributed by atoms with Crippen LogP contribution in [-0.4, -0.2) is 74.6 Å². The van der Waals surface area contributed by atoms with Crippen LogP contribution in [0.2, 0.25) is 0 Å². The molecule has 3 nitrogen and oxygen atoms in total. The molecule has 0 saturated heterocycles. The van der Waals surface area contributed by atoms with Crippen molar-refractivity contribution in [2.75, 3.05) is 47.8 Å². The Hall–Kier alpha value is -0.120. The fourth-order valence-electron chi connectivity index (χ4n) is 1.46. The molecule has 0 aliphatic rings. The van der Waals surface area contributed by atoms with Crippen molar-refractivity contribution in [1.82, 2.24) is 14.7 Å². The minimum Gasteiger partial charge on any atom is -0.309 e. The summed E-state index contributed by atoms with van der Waals surface area (Å²) in [6, 6.07) is 1.31. The summed E-state index contributed by atoms with van der Waals surface area (Å²) < 4.78 is 0. The Kier molecular flexibility index (Phi) is 7.98. The zero-order chi connectivity index (χ0) is 12.7. The molecule has 0 N–H and O–H groups in total. The molecule has 0 aliphatic carbocycles. The van der Waals surface area contributed by atoms with Gasteiger partial charge < -0.3 is 14.7 Å². The number of hydrogen-bond donors (Lipinski definition) is 0. The molecule has 0 fully saturated rings. The summed E-state index contributed by atoms with van der Waals surface area (Å²) in [5, 5.41) is 0. The smallest absolute Gasteiger partial charge is 0.0109 e. The number of likely N-dealkylation sites (N-methyl/N-ethyl adjacent to an activating group) is 2. The van der Waals surface area contributed by atoms with Crippen molar-refractivity contribution in [3.63, 3.8) is 0 Å². The SMILES string of the molecule is CC(C)N(C)CCN(C)C(C)CCN(C)C. The Morgan fingerprint density at radius 1 is 0.750 bits per heavy atom. The van der Waals surface area contributed by atoms with Crippen molar-refractivity contribution in [2.45, 2.75) is 39.3 Å². The average molecular weight is 229 g/mol. The van der Waals surface area contributed by atoms with Gasteiger partial charge in [-0.3, -0.25) is 0 Å². The average Bonchev–Trinajstić information content (AvgIpc) is 2.21. The molecular weight excluding hydrogens is 198 g/mol. The van der Waals surface area contributed by atoms with Gasteiger partial charge in [-0.2, -0.15) is 0 Å². The van der Waals surface area contributed by atoms with E-state index in [4.69, 9.17) is 0 Å². The first kappa shape index (κ1) is 15.9. The van der Waals surface area contributed by atoms with Crippen LogP contribution in [0.5, 0.6) is 0 Å². The molecule has 98 valence electrons. The van der Waals surface area contributed by atoms with E-state index in [9.17, 15) is 0 Å². The van der Waals surface area contributed by atoms with E-state index >= 15 is 0 Å². The van der Waals surface area contributed by atoms with Crippen molar-refractivity contribution in [3.05, 3.63) is 0 Å². The molecule has 16 heavy (non-hydrogen) atoms. The highest BCUT2D eigenvalue weighted by molar-refractivity contribution is 4.67. The maximum Gasteiger partial charge on any atom is 0.0109 e. The van der Waals surface area contributed by atoms with Crippen LogP contribution in [0.1, 0.15) is 27.2 Å². The van der Waals surface area contributed by atoms with Crippen LogP contribution in [0, 0.1) is 0 Å². The van der Waals surface area contributed by atoms with E-state index < -0.39 is 0 Å². The molecule has 0 saturated carbocycles. The normalized spacial score (nSPS) is 14.4. The standard InChI is InChI=1S/C13H31N3/c1-12(2)15(6)10-11-16(7)13(3)8-9-14(4)5/h12-13H,8-11H2,1-7H3. The van der Waals surface area contributed by atoms with Crippen LogP contribution in [0.15, 0.2) is 0 Å². The lowest BCUT2D eigenvalue weighted by Gasteiger charge is -2.29. The molecule has 0 aliphatic heterocycles. The van der Waals surface area contributed by atoms with E-state index in [1.165, 1.54) is 13.0 Å². The molecule has 3 heteroatoms. The van der Waals surface area contributed by atoms with Gasteiger partial charge in [0.2, 0.25) is 0 Å². The van der Waals surface area contributed by atoms with Crippen molar-refractivity contribution < 1.29 is 0 Å². The molecular formula is C13H31N3. The molecule has 0 spiro atoms. The molecule has 0 amide bonds. The molecule has 1 unspecified atom stereocenters. The Labute approximate surface area is 102 Å². The maximum atomic E-state index is 2.46. The summed E-state index contributed by atoms with van der Waals surface area (Å²) in [6.45, 7) is 10.3. The summed E-state index contributed by atoms with van der Waals surface area (Å²) in [4.78, 5) is 7.11. The molecule has 0 heterocycles. The largest absolute Gasteiger partial charge is 0.309 e. The second-order valence-electron chi connectivity index (χ2n) is 5.50.